The van der Waals surface area contributed by atoms with E-state index in [0.29, 0.717) is 0 Å². The predicted octanol–water partition coefficient (Wildman–Crippen LogP) is 3.29. The van der Waals surface area contributed by atoms with Crippen LogP contribution in [0.1, 0.15) is 18.9 Å². The first-order valence-electron chi connectivity index (χ1n) is 9.52. The summed E-state index contributed by atoms with van der Waals surface area (Å²) in [5.41, 5.74) is 1.95. The number of aliphatic hydroxyl groups is 1. The number of carbonyl (C=O) groups excluding carboxylic acids is 1. The van der Waals surface area contributed by atoms with Gasteiger partial charge in [-0.3, -0.25) is 4.90 Å². The van der Waals surface area contributed by atoms with Gasteiger partial charge in [-0.2, -0.15) is 0 Å². The molecule has 1 N–H and O–H groups in total. The molecule has 2 aromatic carbocycles. The fourth-order valence-electron chi connectivity index (χ4n) is 3.88. The lowest BCUT2D eigenvalue weighted by Crippen LogP contribution is -2.49. The molecule has 6 heteroatoms. The van der Waals surface area contributed by atoms with E-state index in [2.05, 4.69) is 4.90 Å². The van der Waals surface area contributed by atoms with Crippen LogP contribution in [-0.2, 0) is 11.3 Å². The number of likely N-dealkylation sites (N-methyl/N-ethyl adjacent to an activating group) is 1. The van der Waals surface area contributed by atoms with Gasteiger partial charge >= 0.3 is 6.09 Å². The first-order valence-corrected chi connectivity index (χ1v) is 9.52. The number of hydrogen-bond donors (Lipinski definition) is 1. The summed E-state index contributed by atoms with van der Waals surface area (Å²) in [5, 5.41) is 10.0. The van der Waals surface area contributed by atoms with E-state index in [1.165, 1.54) is 0 Å². The number of rotatable bonds is 6. The van der Waals surface area contributed by atoms with Crippen LogP contribution in [0.15, 0.2) is 54.6 Å². The number of anilines is 1. The average molecular weight is 384 g/mol. The Balaban J connectivity index is 1.70. The van der Waals surface area contributed by atoms with Crippen molar-refractivity contribution in [2.24, 2.45) is 0 Å². The zero-order valence-electron chi connectivity index (χ0n) is 16.6. The van der Waals surface area contributed by atoms with Gasteiger partial charge in [0.1, 0.15) is 12.4 Å². The Kier molecular flexibility index (Phi) is 6.41. The standard InChI is InChI=1S/C22H28N2O4/c1-16-13-20(23(2)18-9-11-19(27-3)12-10-18)21(14-25)24(16)22(26)28-15-17-7-5-4-6-8-17/h4-12,16,20-21,25H,13-15H2,1-3H3/t16-,20+,21+/m1/s1. The molecule has 1 heterocycles. The minimum absolute atomic E-state index is 0.00216. The zero-order chi connectivity index (χ0) is 20.1. The Morgan fingerprint density at radius 1 is 1.18 bits per heavy atom. The number of methoxy groups -OCH3 is 1. The molecule has 2 aromatic rings. The predicted molar refractivity (Wildman–Crippen MR) is 109 cm³/mol. The van der Waals surface area contributed by atoms with Gasteiger partial charge in [0.2, 0.25) is 0 Å². The van der Waals surface area contributed by atoms with E-state index < -0.39 is 0 Å². The first kappa shape index (κ1) is 20.0. The highest BCUT2D eigenvalue weighted by Gasteiger charge is 2.44. The van der Waals surface area contributed by atoms with Crippen LogP contribution in [0.2, 0.25) is 0 Å². The lowest BCUT2D eigenvalue weighted by Gasteiger charge is -2.33. The van der Waals surface area contributed by atoms with Gasteiger partial charge in [0, 0.05) is 18.8 Å². The zero-order valence-corrected chi connectivity index (χ0v) is 16.6. The summed E-state index contributed by atoms with van der Waals surface area (Å²) in [4.78, 5) is 16.5. The summed E-state index contributed by atoms with van der Waals surface area (Å²) in [6, 6.07) is 17.0. The smallest absolute Gasteiger partial charge is 0.410 e. The van der Waals surface area contributed by atoms with Crippen LogP contribution < -0.4 is 9.64 Å². The number of ether oxygens (including phenoxy) is 2. The molecule has 0 unspecified atom stereocenters. The van der Waals surface area contributed by atoms with Crippen molar-refractivity contribution in [2.45, 2.75) is 38.1 Å². The number of amides is 1. The molecule has 3 rings (SSSR count). The lowest BCUT2D eigenvalue weighted by atomic mass is 10.1. The van der Waals surface area contributed by atoms with Gasteiger partial charge in [-0.25, -0.2) is 4.79 Å². The van der Waals surface area contributed by atoms with E-state index in [9.17, 15) is 9.90 Å². The average Bonchev–Trinajstić information content (AvgIpc) is 3.08. The maximum absolute atomic E-state index is 12.7. The van der Waals surface area contributed by atoms with Gasteiger partial charge in [-0.1, -0.05) is 30.3 Å². The lowest BCUT2D eigenvalue weighted by molar-refractivity contribution is 0.0657. The molecule has 1 saturated heterocycles. The molecular weight excluding hydrogens is 356 g/mol. The summed E-state index contributed by atoms with van der Waals surface area (Å²) in [6.45, 7) is 2.10. The normalized spacial score (nSPS) is 21.4. The van der Waals surface area contributed by atoms with Crippen molar-refractivity contribution in [3.8, 4) is 5.75 Å². The topological polar surface area (TPSA) is 62.2 Å². The Bertz CT molecular complexity index is 766. The summed E-state index contributed by atoms with van der Waals surface area (Å²) in [6.07, 6.45) is 0.370. The summed E-state index contributed by atoms with van der Waals surface area (Å²) in [5.74, 6) is 0.793. The molecule has 0 saturated carbocycles. The quantitative estimate of drug-likeness (QED) is 0.828. The Labute approximate surface area is 166 Å². The van der Waals surface area contributed by atoms with Gasteiger partial charge in [0.25, 0.3) is 0 Å². The van der Waals surface area contributed by atoms with Crippen LogP contribution in [0.25, 0.3) is 0 Å². The van der Waals surface area contributed by atoms with Gasteiger partial charge in [0.05, 0.1) is 25.8 Å². The summed E-state index contributed by atoms with van der Waals surface area (Å²) in [7, 11) is 3.62. The SMILES string of the molecule is COc1ccc(N(C)[C@H]2C[C@@H](C)N(C(=O)OCc3ccccc3)[C@H]2CO)cc1. The number of likely N-dealkylation sites (tertiary alicyclic amines) is 1. The van der Waals surface area contributed by atoms with Crippen molar-refractivity contribution in [2.75, 3.05) is 25.7 Å². The third kappa shape index (κ3) is 4.22. The number of nitrogens with zero attached hydrogens (tertiary/aromatic N) is 2. The fraction of sp³-hybridized carbons (Fsp3) is 0.409. The van der Waals surface area contributed by atoms with Crippen molar-refractivity contribution >= 4 is 11.8 Å². The molecule has 0 bridgehead atoms. The third-order valence-corrected chi connectivity index (χ3v) is 5.44. The molecular formula is C22H28N2O4. The fourth-order valence-corrected chi connectivity index (χ4v) is 3.88. The summed E-state index contributed by atoms with van der Waals surface area (Å²) < 4.78 is 10.7. The van der Waals surface area contributed by atoms with Crippen molar-refractivity contribution in [3.05, 3.63) is 60.2 Å². The second-order valence-electron chi connectivity index (χ2n) is 7.16. The number of hydrogen-bond acceptors (Lipinski definition) is 5. The highest BCUT2D eigenvalue weighted by Crippen LogP contribution is 2.32. The molecule has 1 aliphatic heterocycles. The monoisotopic (exact) mass is 384 g/mol. The second-order valence-corrected chi connectivity index (χ2v) is 7.16. The van der Waals surface area contributed by atoms with Crippen LogP contribution in [0.3, 0.4) is 0 Å². The van der Waals surface area contributed by atoms with E-state index in [1.807, 2.05) is 68.6 Å². The number of benzene rings is 2. The minimum Gasteiger partial charge on any atom is -0.497 e. The maximum atomic E-state index is 12.7. The molecule has 0 aliphatic carbocycles. The van der Waals surface area contributed by atoms with Gasteiger partial charge in [0.15, 0.2) is 0 Å². The van der Waals surface area contributed by atoms with E-state index in [-0.39, 0.29) is 37.4 Å². The molecule has 3 atom stereocenters. The first-order chi connectivity index (χ1) is 13.5. The Morgan fingerprint density at radius 3 is 2.46 bits per heavy atom. The van der Waals surface area contributed by atoms with Crippen LogP contribution in [0.4, 0.5) is 10.5 Å². The highest BCUT2D eigenvalue weighted by atomic mass is 16.6. The van der Waals surface area contributed by atoms with Crippen LogP contribution >= 0.6 is 0 Å². The maximum Gasteiger partial charge on any atom is 0.410 e. The third-order valence-electron chi connectivity index (χ3n) is 5.44. The van der Waals surface area contributed by atoms with Crippen molar-refractivity contribution < 1.29 is 19.4 Å². The molecule has 0 aromatic heterocycles. The van der Waals surface area contributed by atoms with E-state index in [1.54, 1.807) is 12.0 Å². The highest BCUT2D eigenvalue weighted by molar-refractivity contribution is 5.69. The minimum atomic E-state index is -0.388. The Morgan fingerprint density at radius 2 is 1.86 bits per heavy atom. The molecule has 28 heavy (non-hydrogen) atoms. The molecule has 6 nitrogen and oxygen atoms in total. The molecule has 1 fully saturated rings. The van der Waals surface area contributed by atoms with Crippen molar-refractivity contribution in [1.29, 1.82) is 0 Å². The molecule has 150 valence electrons. The second kappa shape index (κ2) is 8.97. The molecule has 1 amide bonds. The van der Waals surface area contributed by atoms with Crippen molar-refractivity contribution in [1.82, 2.24) is 4.90 Å². The Hall–Kier alpha value is -2.73. The van der Waals surface area contributed by atoms with Crippen LogP contribution in [-0.4, -0.2) is 55.0 Å². The molecule has 0 spiro atoms. The largest absolute Gasteiger partial charge is 0.497 e. The van der Waals surface area contributed by atoms with Crippen molar-refractivity contribution in [3.63, 3.8) is 0 Å². The van der Waals surface area contributed by atoms with E-state index in [0.717, 1.165) is 23.4 Å². The number of carbonyl (C=O) groups is 1. The van der Waals surface area contributed by atoms with Crippen LogP contribution in [0, 0.1) is 0 Å². The van der Waals surface area contributed by atoms with E-state index in [4.69, 9.17) is 9.47 Å². The molecule has 1 aliphatic rings. The van der Waals surface area contributed by atoms with Gasteiger partial charge in [-0.15, -0.1) is 0 Å². The van der Waals surface area contributed by atoms with Gasteiger partial charge in [-0.05, 0) is 43.2 Å². The van der Waals surface area contributed by atoms with Gasteiger partial charge < -0.3 is 19.5 Å². The van der Waals surface area contributed by atoms with E-state index >= 15 is 0 Å². The van der Waals surface area contributed by atoms with Crippen LogP contribution in [0.5, 0.6) is 5.75 Å². The summed E-state index contributed by atoms with van der Waals surface area (Å²) >= 11 is 0. The number of aliphatic hydroxyl groups excluding tert-OH is 1. The molecule has 0 radical (unpaired) electrons.